The van der Waals surface area contributed by atoms with Crippen molar-refractivity contribution >= 4 is 6.09 Å². The average molecular weight is 346 g/mol. The van der Waals surface area contributed by atoms with E-state index in [0.29, 0.717) is 12.1 Å². The molecule has 0 spiro atoms. The highest BCUT2D eigenvalue weighted by Gasteiger charge is 2.33. The lowest BCUT2D eigenvalue weighted by Gasteiger charge is -2.20. The fourth-order valence-electron chi connectivity index (χ4n) is 2.04. The number of alkyl halides is 3. The molecule has 0 aromatic heterocycles. The Morgan fingerprint density at radius 3 is 2.38 bits per heavy atom. The molecule has 0 bridgehead atoms. The van der Waals surface area contributed by atoms with E-state index in [4.69, 9.17) is 4.74 Å². The van der Waals surface area contributed by atoms with Gasteiger partial charge < -0.3 is 15.4 Å². The van der Waals surface area contributed by atoms with Crippen molar-refractivity contribution in [2.75, 3.05) is 6.54 Å². The highest BCUT2D eigenvalue weighted by molar-refractivity contribution is 5.67. The molecule has 0 saturated heterocycles. The normalized spacial score (nSPS) is 12.1. The minimum absolute atomic E-state index is 0.0271. The Morgan fingerprint density at radius 1 is 1.17 bits per heavy atom. The predicted molar refractivity (Wildman–Crippen MR) is 86.5 cm³/mol. The van der Waals surface area contributed by atoms with Crippen LogP contribution in [0.5, 0.6) is 0 Å². The highest BCUT2D eigenvalue weighted by Crippen LogP contribution is 2.32. The second kappa shape index (κ2) is 8.37. The fraction of sp³-hybridized carbons (Fsp3) is 0.588. The van der Waals surface area contributed by atoms with Gasteiger partial charge in [-0.3, -0.25) is 0 Å². The van der Waals surface area contributed by atoms with Gasteiger partial charge in [-0.05, 0) is 50.9 Å². The lowest BCUT2D eigenvalue weighted by Crippen LogP contribution is -2.32. The molecule has 1 amide bonds. The Bertz CT molecular complexity index is 552. The van der Waals surface area contributed by atoms with Crippen LogP contribution in [0.4, 0.5) is 18.0 Å². The van der Waals surface area contributed by atoms with Crippen LogP contribution in [0.3, 0.4) is 0 Å². The van der Waals surface area contributed by atoms with Crippen LogP contribution >= 0.6 is 0 Å². The van der Waals surface area contributed by atoms with Crippen molar-refractivity contribution in [2.45, 2.75) is 59.0 Å². The molecule has 0 heterocycles. The average Bonchev–Trinajstić information content (AvgIpc) is 2.43. The molecule has 0 radical (unpaired) electrons. The summed E-state index contributed by atoms with van der Waals surface area (Å²) in [5.41, 5.74) is -0.783. The fourth-order valence-corrected chi connectivity index (χ4v) is 2.04. The molecule has 0 aliphatic heterocycles. The van der Waals surface area contributed by atoms with E-state index in [2.05, 4.69) is 10.6 Å². The Balaban J connectivity index is 2.81. The van der Waals surface area contributed by atoms with Crippen molar-refractivity contribution < 1.29 is 22.7 Å². The number of carbonyl (C=O) groups excluding carboxylic acids is 1. The molecule has 136 valence electrons. The third kappa shape index (κ3) is 7.21. The smallest absolute Gasteiger partial charge is 0.416 e. The second-order valence-electron chi connectivity index (χ2n) is 6.52. The summed E-state index contributed by atoms with van der Waals surface area (Å²) in [5.74, 6) is 0. The Hall–Kier alpha value is -1.76. The molecule has 0 saturated carbocycles. The summed E-state index contributed by atoms with van der Waals surface area (Å²) in [6.45, 7) is 7.87. The van der Waals surface area contributed by atoms with Crippen molar-refractivity contribution in [3.8, 4) is 0 Å². The van der Waals surface area contributed by atoms with Crippen LogP contribution in [-0.2, 0) is 24.0 Å². The molecule has 7 heteroatoms. The number of carbonyl (C=O) groups is 1. The summed E-state index contributed by atoms with van der Waals surface area (Å²) in [4.78, 5) is 11.6. The molecule has 0 aliphatic rings. The van der Waals surface area contributed by atoms with Gasteiger partial charge in [-0.25, -0.2) is 4.79 Å². The van der Waals surface area contributed by atoms with Crippen molar-refractivity contribution in [3.63, 3.8) is 0 Å². The van der Waals surface area contributed by atoms with Crippen molar-refractivity contribution in [3.05, 3.63) is 34.9 Å². The highest BCUT2D eigenvalue weighted by atomic mass is 19.4. The minimum Gasteiger partial charge on any atom is -0.444 e. The van der Waals surface area contributed by atoms with E-state index in [9.17, 15) is 18.0 Å². The van der Waals surface area contributed by atoms with E-state index >= 15 is 0 Å². The number of halogens is 3. The monoisotopic (exact) mass is 346 g/mol. The van der Waals surface area contributed by atoms with Gasteiger partial charge in [0.05, 0.1) is 5.56 Å². The maximum Gasteiger partial charge on any atom is 0.416 e. The minimum atomic E-state index is -4.44. The maximum atomic E-state index is 13.2. The van der Waals surface area contributed by atoms with Gasteiger partial charge in [0.1, 0.15) is 5.60 Å². The molecule has 1 rings (SSSR count). The molecule has 4 nitrogen and oxygen atoms in total. The summed E-state index contributed by atoms with van der Waals surface area (Å²) in [5, 5.41) is 5.43. The predicted octanol–water partition coefficient (Wildman–Crippen LogP) is 4.23. The summed E-state index contributed by atoms with van der Waals surface area (Å²) in [7, 11) is 0. The van der Waals surface area contributed by atoms with Crippen LogP contribution in [0, 0.1) is 0 Å². The molecule has 0 fully saturated rings. The topological polar surface area (TPSA) is 50.4 Å². The van der Waals surface area contributed by atoms with Crippen LogP contribution in [0.2, 0.25) is 0 Å². The summed E-state index contributed by atoms with van der Waals surface area (Å²) in [6, 6.07) is 4.09. The number of amides is 1. The zero-order chi connectivity index (χ0) is 18.4. The molecule has 0 atom stereocenters. The van der Waals surface area contributed by atoms with E-state index in [1.165, 1.54) is 6.07 Å². The molecule has 0 aliphatic carbocycles. The number of ether oxygens (including phenoxy) is 1. The first-order valence-corrected chi connectivity index (χ1v) is 7.89. The number of nitrogens with one attached hydrogen (secondary N) is 2. The first-order valence-electron chi connectivity index (χ1n) is 7.89. The number of hydrogen-bond donors (Lipinski definition) is 2. The molecule has 1 aromatic carbocycles. The van der Waals surface area contributed by atoms with Gasteiger partial charge >= 0.3 is 12.3 Å². The van der Waals surface area contributed by atoms with Gasteiger partial charge in [-0.1, -0.05) is 19.1 Å². The lowest BCUT2D eigenvalue weighted by molar-refractivity contribution is -0.138. The molecular weight excluding hydrogens is 321 g/mol. The van der Waals surface area contributed by atoms with E-state index < -0.39 is 23.4 Å². The van der Waals surface area contributed by atoms with Crippen LogP contribution in [0.25, 0.3) is 0 Å². The molecular formula is C17H25F3N2O2. The van der Waals surface area contributed by atoms with E-state index in [-0.39, 0.29) is 18.7 Å². The summed E-state index contributed by atoms with van der Waals surface area (Å²) >= 11 is 0. The molecule has 24 heavy (non-hydrogen) atoms. The SMILES string of the molecule is CCCNCc1ccc(CNC(=O)OC(C)(C)C)cc1C(F)(F)F. The molecule has 1 aromatic rings. The third-order valence-corrected chi connectivity index (χ3v) is 3.06. The number of rotatable bonds is 6. The lowest BCUT2D eigenvalue weighted by atomic mass is 10.0. The zero-order valence-electron chi connectivity index (χ0n) is 14.5. The Kier molecular flexibility index (Phi) is 7.08. The van der Waals surface area contributed by atoms with Gasteiger partial charge in [-0.15, -0.1) is 0 Å². The summed E-state index contributed by atoms with van der Waals surface area (Å²) < 4.78 is 44.7. The Labute approximate surface area is 140 Å². The Morgan fingerprint density at radius 2 is 1.83 bits per heavy atom. The quantitative estimate of drug-likeness (QED) is 0.758. The van der Waals surface area contributed by atoms with Crippen LogP contribution < -0.4 is 10.6 Å². The number of benzene rings is 1. The van der Waals surface area contributed by atoms with Crippen LogP contribution in [0.1, 0.15) is 50.8 Å². The standard InChI is InChI=1S/C17H25F3N2O2/c1-5-8-21-11-13-7-6-12(9-14(13)17(18,19)20)10-22-15(23)24-16(2,3)4/h6-7,9,21H,5,8,10-11H2,1-4H3,(H,22,23). The van der Waals surface area contributed by atoms with Crippen molar-refractivity contribution in [1.82, 2.24) is 10.6 Å². The van der Waals surface area contributed by atoms with Crippen LogP contribution in [-0.4, -0.2) is 18.2 Å². The van der Waals surface area contributed by atoms with E-state index in [1.54, 1.807) is 26.8 Å². The van der Waals surface area contributed by atoms with Crippen molar-refractivity contribution in [1.29, 1.82) is 0 Å². The van der Waals surface area contributed by atoms with Gasteiger partial charge in [0, 0.05) is 13.1 Å². The largest absolute Gasteiger partial charge is 0.444 e. The van der Waals surface area contributed by atoms with Gasteiger partial charge in [0.2, 0.25) is 0 Å². The van der Waals surface area contributed by atoms with Gasteiger partial charge in [0.15, 0.2) is 0 Å². The van der Waals surface area contributed by atoms with E-state index in [1.807, 2.05) is 6.92 Å². The van der Waals surface area contributed by atoms with Gasteiger partial charge in [-0.2, -0.15) is 13.2 Å². The number of hydrogen-bond acceptors (Lipinski definition) is 3. The summed E-state index contributed by atoms with van der Waals surface area (Å²) in [6.07, 6.45) is -4.26. The molecule has 0 unspecified atom stereocenters. The van der Waals surface area contributed by atoms with Crippen molar-refractivity contribution in [2.24, 2.45) is 0 Å². The first-order chi connectivity index (χ1) is 11.0. The zero-order valence-corrected chi connectivity index (χ0v) is 14.5. The van der Waals surface area contributed by atoms with Crippen LogP contribution in [0.15, 0.2) is 18.2 Å². The van der Waals surface area contributed by atoms with E-state index in [0.717, 1.165) is 12.5 Å². The molecule has 2 N–H and O–H groups in total. The maximum absolute atomic E-state index is 13.2. The second-order valence-corrected chi connectivity index (χ2v) is 6.52. The number of alkyl carbamates (subject to hydrolysis) is 1. The first kappa shape index (κ1) is 20.3. The van der Waals surface area contributed by atoms with Gasteiger partial charge in [0.25, 0.3) is 0 Å². The third-order valence-electron chi connectivity index (χ3n) is 3.06.